The molecule has 0 aliphatic rings. The first-order valence-corrected chi connectivity index (χ1v) is 5.58. The maximum absolute atomic E-state index is 11.1. The van der Waals surface area contributed by atoms with Crippen LogP contribution in [0.5, 0.6) is 0 Å². The number of carbonyl (C=O) groups is 1. The Balaban J connectivity index is 3.31. The number of carbonyl (C=O) groups excluding carboxylic acids is 1. The Kier molecular flexibility index (Phi) is 7.29. The summed E-state index contributed by atoms with van der Waals surface area (Å²) in [6, 6.07) is 0. The van der Waals surface area contributed by atoms with Crippen LogP contribution in [0.15, 0.2) is 0 Å². The summed E-state index contributed by atoms with van der Waals surface area (Å²) in [6.07, 6.45) is 3.09. The van der Waals surface area contributed by atoms with E-state index in [2.05, 4.69) is 11.6 Å². The summed E-state index contributed by atoms with van der Waals surface area (Å²) < 4.78 is 0. The van der Waals surface area contributed by atoms with Crippen molar-refractivity contribution in [3.63, 3.8) is 0 Å². The molecule has 1 amide bonds. The fourth-order valence-electron chi connectivity index (χ4n) is 0.709. The topological polar surface area (TPSA) is 55.1 Å². The highest BCUT2D eigenvalue weighted by atomic mass is 32.2. The number of hydrogen-bond donors (Lipinski definition) is 2. The predicted octanol–water partition coefficient (Wildman–Crippen LogP) is 0.451. The molecule has 1 unspecified atom stereocenters. The van der Waals surface area contributed by atoms with Gasteiger partial charge < -0.3 is 11.1 Å². The third-order valence-corrected chi connectivity index (χ3v) is 2.32. The maximum atomic E-state index is 11.1. The molecule has 12 heavy (non-hydrogen) atoms. The molecule has 0 aromatic heterocycles. The molecule has 0 aromatic rings. The second-order valence-electron chi connectivity index (χ2n) is 2.77. The van der Waals surface area contributed by atoms with Crippen LogP contribution in [-0.4, -0.2) is 31.0 Å². The normalized spacial score (nSPS) is 12.6. The van der Waals surface area contributed by atoms with E-state index >= 15 is 0 Å². The van der Waals surface area contributed by atoms with Crippen molar-refractivity contribution < 1.29 is 4.79 Å². The van der Waals surface area contributed by atoms with Crippen molar-refractivity contribution in [1.82, 2.24) is 5.32 Å². The smallest absolute Gasteiger partial charge is 0.224 e. The van der Waals surface area contributed by atoms with Gasteiger partial charge in [-0.25, -0.2) is 0 Å². The van der Waals surface area contributed by atoms with Crippen LogP contribution < -0.4 is 11.1 Å². The molecule has 0 heterocycles. The number of hydrogen-bond acceptors (Lipinski definition) is 3. The Labute approximate surface area is 78.5 Å². The number of nitrogens with two attached hydrogens (primary N) is 1. The van der Waals surface area contributed by atoms with Crippen LogP contribution in [-0.2, 0) is 4.79 Å². The van der Waals surface area contributed by atoms with Crippen molar-refractivity contribution in [2.45, 2.75) is 13.3 Å². The van der Waals surface area contributed by atoms with Gasteiger partial charge in [0.25, 0.3) is 0 Å². The van der Waals surface area contributed by atoms with E-state index in [4.69, 9.17) is 5.73 Å². The fourth-order valence-corrected chi connectivity index (χ4v) is 1.14. The second kappa shape index (κ2) is 7.43. The average Bonchev–Trinajstić information content (AvgIpc) is 2.10. The molecule has 0 bridgehead atoms. The Morgan fingerprint density at radius 1 is 1.67 bits per heavy atom. The number of nitrogens with one attached hydrogen (secondary N) is 1. The zero-order chi connectivity index (χ0) is 9.40. The van der Waals surface area contributed by atoms with Crippen LogP contribution in [0.3, 0.4) is 0 Å². The van der Waals surface area contributed by atoms with Gasteiger partial charge in [-0.05, 0) is 18.4 Å². The van der Waals surface area contributed by atoms with Crippen LogP contribution in [0.25, 0.3) is 0 Å². The van der Waals surface area contributed by atoms with Gasteiger partial charge in [-0.15, -0.1) is 0 Å². The molecule has 0 aliphatic heterocycles. The highest BCUT2D eigenvalue weighted by Crippen LogP contribution is 1.95. The third-order valence-electron chi connectivity index (χ3n) is 1.63. The molecule has 4 heteroatoms. The molecular formula is C8H18N2OS. The first-order valence-electron chi connectivity index (χ1n) is 4.19. The van der Waals surface area contributed by atoms with Gasteiger partial charge in [-0.1, -0.05) is 6.92 Å². The SMILES string of the molecule is CSCCCNC(=O)C(C)CN. The highest BCUT2D eigenvalue weighted by molar-refractivity contribution is 7.98. The van der Waals surface area contributed by atoms with Crippen LogP contribution in [0.2, 0.25) is 0 Å². The second-order valence-corrected chi connectivity index (χ2v) is 3.76. The minimum absolute atomic E-state index is 0.0562. The summed E-state index contributed by atoms with van der Waals surface area (Å²) in [5.41, 5.74) is 5.34. The van der Waals surface area contributed by atoms with Gasteiger partial charge in [0, 0.05) is 19.0 Å². The quantitative estimate of drug-likeness (QED) is 0.598. The molecule has 0 fully saturated rings. The molecule has 1 atom stereocenters. The van der Waals surface area contributed by atoms with Gasteiger partial charge in [-0.2, -0.15) is 11.8 Å². The number of rotatable bonds is 6. The molecule has 0 aliphatic carbocycles. The van der Waals surface area contributed by atoms with E-state index in [9.17, 15) is 4.79 Å². The van der Waals surface area contributed by atoms with E-state index in [1.54, 1.807) is 11.8 Å². The van der Waals surface area contributed by atoms with E-state index in [0.29, 0.717) is 6.54 Å². The maximum Gasteiger partial charge on any atom is 0.224 e. The Morgan fingerprint density at radius 2 is 2.33 bits per heavy atom. The Bertz CT molecular complexity index is 130. The van der Waals surface area contributed by atoms with Gasteiger partial charge in [0.2, 0.25) is 5.91 Å². The van der Waals surface area contributed by atoms with Crippen LogP contribution in [0, 0.1) is 5.92 Å². The minimum atomic E-state index is -0.0562. The van der Waals surface area contributed by atoms with E-state index in [0.717, 1.165) is 18.7 Å². The molecule has 0 aromatic carbocycles. The van der Waals surface area contributed by atoms with Gasteiger partial charge in [0.05, 0.1) is 0 Å². The Morgan fingerprint density at radius 3 is 2.83 bits per heavy atom. The van der Waals surface area contributed by atoms with E-state index < -0.39 is 0 Å². The largest absolute Gasteiger partial charge is 0.356 e. The predicted molar refractivity (Wildman–Crippen MR) is 54.2 cm³/mol. The first-order chi connectivity index (χ1) is 5.72. The van der Waals surface area contributed by atoms with Crippen LogP contribution >= 0.6 is 11.8 Å². The summed E-state index contributed by atoms with van der Waals surface area (Å²) in [7, 11) is 0. The molecule has 3 N–H and O–H groups in total. The minimum Gasteiger partial charge on any atom is -0.356 e. The summed E-state index contributed by atoms with van der Waals surface area (Å²) >= 11 is 1.79. The molecule has 3 nitrogen and oxygen atoms in total. The molecular weight excluding hydrogens is 172 g/mol. The van der Waals surface area contributed by atoms with Crippen molar-refractivity contribution in [3.05, 3.63) is 0 Å². The lowest BCUT2D eigenvalue weighted by Gasteiger charge is -2.08. The molecule has 0 rings (SSSR count). The summed E-state index contributed by atoms with van der Waals surface area (Å²) in [6.45, 7) is 3.03. The van der Waals surface area contributed by atoms with E-state index in [1.165, 1.54) is 0 Å². The van der Waals surface area contributed by atoms with E-state index in [-0.39, 0.29) is 11.8 Å². The average molecular weight is 190 g/mol. The van der Waals surface area contributed by atoms with Crippen molar-refractivity contribution in [2.24, 2.45) is 11.7 Å². The van der Waals surface area contributed by atoms with Crippen LogP contribution in [0.1, 0.15) is 13.3 Å². The summed E-state index contributed by atoms with van der Waals surface area (Å²) in [4.78, 5) is 11.1. The summed E-state index contributed by atoms with van der Waals surface area (Å²) in [5.74, 6) is 1.11. The van der Waals surface area contributed by atoms with Gasteiger partial charge in [0.1, 0.15) is 0 Å². The zero-order valence-electron chi connectivity index (χ0n) is 7.80. The molecule has 72 valence electrons. The molecule has 0 radical (unpaired) electrons. The highest BCUT2D eigenvalue weighted by Gasteiger charge is 2.08. The monoisotopic (exact) mass is 190 g/mol. The first kappa shape index (κ1) is 11.8. The zero-order valence-corrected chi connectivity index (χ0v) is 8.62. The van der Waals surface area contributed by atoms with Crippen molar-refractivity contribution >= 4 is 17.7 Å². The number of amides is 1. The summed E-state index contributed by atoms with van der Waals surface area (Å²) in [5, 5.41) is 2.84. The van der Waals surface area contributed by atoms with Crippen molar-refractivity contribution in [2.75, 3.05) is 25.1 Å². The standard InChI is InChI=1S/C8H18N2OS/c1-7(6-9)8(11)10-4-3-5-12-2/h7H,3-6,9H2,1-2H3,(H,10,11). The van der Waals surface area contributed by atoms with Crippen LogP contribution in [0.4, 0.5) is 0 Å². The number of thioether (sulfide) groups is 1. The van der Waals surface area contributed by atoms with E-state index in [1.807, 2.05) is 6.92 Å². The van der Waals surface area contributed by atoms with Gasteiger partial charge >= 0.3 is 0 Å². The molecule has 0 spiro atoms. The third kappa shape index (κ3) is 5.43. The fraction of sp³-hybridized carbons (Fsp3) is 0.875. The van der Waals surface area contributed by atoms with Crippen molar-refractivity contribution in [1.29, 1.82) is 0 Å². The molecule has 0 saturated heterocycles. The lowest BCUT2D eigenvalue weighted by Crippen LogP contribution is -2.33. The van der Waals surface area contributed by atoms with Crippen molar-refractivity contribution in [3.8, 4) is 0 Å². The molecule has 0 saturated carbocycles. The lowest BCUT2D eigenvalue weighted by molar-refractivity contribution is -0.124. The van der Waals surface area contributed by atoms with Gasteiger partial charge in [0.15, 0.2) is 0 Å². The van der Waals surface area contributed by atoms with Gasteiger partial charge in [-0.3, -0.25) is 4.79 Å². The lowest BCUT2D eigenvalue weighted by atomic mass is 10.2. The Hall–Kier alpha value is -0.220.